The van der Waals surface area contributed by atoms with Crippen molar-refractivity contribution < 1.29 is 14.5 Å². The van der Waals surface area contributed by atoms with Crippen molar-refractivity contribution >= 4 is 11.9 Å². The third-order valence-corrected chi connectivity index (χ3v) is 4.98. The van der Waals surface area contributed by atoms with E-state index in [0.29, 0.717) is 6.67 Å². The molecule has 3 amide bonds. The average molecular weight is 316 g/mol. The van der Waals surface area contributed by atoms with Crippen LogP contribution in [-0.2, 0) is 11.3 Å². The number of imide groups is 1. The van der Waals surface area contributed by atoms with Gasteiger partial charge in [-0.1, -0.05) is 56.0 Å². The molecule has 1 spiro atoms. The van der Waals surface area contributed by atoms with Crippen LogP contribution < -0.4 is 10.2 Å². The summed E-state index contributed by atoms with van der Waals surface area (Å²) in [7, 11) is 2.02. The Kier molecular flexibility index (Phi) is 4.66. The Bertz CT molecular complexity index is 565. The Balaban J connectivity index is 1.65. The van der Waals surface area contributed by atoms with Gasteiger partial charge >= 0.3 is 6.03 Å². The second kappa shape index (κ2) is 6.71. The minimum atomic E-state index is -0.624. The minimum absolute atomic E-state index is 0.0168. The average Bonchev–Trinajstić information content (AvgIpc) is 2.72. The first-order valence-electron chi connectivity index (χ1n) is 8.60. The molecule has 1 saturated heterocycles. The van der Waals surface area contributed by atoms with Gasteiger partial charge in [-0.25, -0.2) is 9.69 Å². The fourth-order valence-electron chi connectivity index (χ4n) is 3.76. The molecule has 23 heavy (non-hydrogen) atoms. The van der Waals surface area contributed by atoms with Gasteiger partial charge in [0.25, 0.3) is 5.91 Å². The Morgan fingerprint density at radius 2 is 1.74 bits per heavy atom. The van der Waals surface area contributed by atoms with Crippen molar-refractivity contribution in [3.8, 4) is 0 Å². The SMILES string of the molecule is C[NH+](Cc1ccccc1)CN1C(=O)NC2(CCCCCC2)C1=O. The fourth-order valence-corrected chi connectivity index (χ4v) is 3.76. The molecule has 5 heteroatoms. The monoisotopic (exact) mass is 316 g/mol. The second-order valence-electron chi connectivity index (χ2n) is 6.94. The molecule has 0 radical (unpaired) electrons. The number of carbonyl (C=O) groups is 2. The summed E-state index contributed by atoms with van der Waals surface area (Å²) in [6.45, 7) is 1.21. The molecule has 5 nitrogen and oxygen atoms in total. The molecule has 2 N–H and O–H groups in total. The number of nitrogens with zero attached hydrogens (tertiary/aromatic N) is 1. The second-order valence-corrected chi connectivity index (χ2v) is 6.94. The third kappa shape index (κ3) is 3.39. The van der Waals surface area contributed by atoms with Crippen LogP contribution in [0.3, 0.4) is 0 Å². The van der Waals surface area contributed by atoms with Crippen molar-refractivity contribution in [3.05, 3.63) is 35.9 Å². The van der Waals surface area contributed by atoms with Gasteiger partial charge in [-0.05, 0) is 12.8 Å². The highest BCUT2D eigenvalue weighted by molar-refractivity contribution is 6.06. The van der Waals surface area contributed by atoms with Crippen molar-refractivity contribution in [1.82, 2.24) is 10.2 Å². The van der Waals surface area contributed by atoms with Gasteiger partial charge in [-0.15, -0.1) is 0 Å². The zero-order chi connectivity index (χ0) is 16.3. The van der Waals surface area contributed by atoms with Crippen LogP contribution in [0.4, 0.5) is 4.79 Å². The third-order valence-electron chi connectivity index (χ3n) is 4.98. The van der Waals surface area contributed by atoms with E-state index in [2.05, 4.69) is 17.4 Å². The minimum Gasteiger partial charge on any atom is -0.323 e. The quantitative estimate of drug-likeness (QED) is 0.823. The first-order valence-corrected chi connectivity index (χ1v) is 8.60. The number of rotatable bonds is 4. The van der Waals surface area contributed by atoms with Crippen molar-refractivity contribution in [2.75, 3.05) is 13.7 Å². The van der Waals surface area contributed by atoms with Gasteiger partial charge < -0.3 is 10.2 Å². The van der Waals surface area contributed by atoms with Crippen molar-refractivity contribution in [2.45, 2.75) is 50.6 Å². The fraction of sp³-hybridized carbons (Fsp3) is 0.556. The summed E-state index contributed by atoms with van der Waals surface area (Å²) >= 11 is 0. The Morgan fingerprint density at radius 3 is 2.39 bits per heavy atom. The van der Waals surface area contributed by atoms with Gasteiger partial charge in [-0.2, -0.15) is 0 Å². The van der Waals surface area contributed by atoms with E-state index in [1.807, 2.05) is 25.2 Å². The van der Waals surface area contributed by atoms with Gasteiger partial charge in [0.1, 0.15) is 12.1 Å². The van der Waals surface area contributed by atoms with Gasteiger partial charge in [0.05, 0.1) is 7.05 Å². The molecule has 2 aliphatic rings. The standard InChI is InChI=1S/C18H25N3O2/c1-20(13-15-9-5-4-6-10-15)14-21-16(22)18(19-17(21)23)11-7-2-3-8-12-18/h4-6,9-10H,2-3,7-8,11-14H2,1H3,(H,19,23)/p+1. The summed E-state index contributed by atoms with van der Waals surface area (Å²) < 4.78 is 0. The summed E-state index contributed by atoms with van der Waals surface area (Å²) in [5, 5.41) is 3.00. The maximum absolute atomic E-state index is 12.9. The van der Waals surface area contributed by atoms with Crippen LogP contribution in [0.2, 0.25) is 0 Å². The summed E-state index contributed by atoms with van der Waals surface area (Å²) in [6, 6.07) is 9.94. The summed E-state index contributed by atoms with van der Waals surface area (Å²) in [6.07, 6.45) is 5.92. The Labute approximate surface area is 137 Å². The van der Waals surface area contributed by atoms with E-state index in [0.717, 1.165) is 50.0 Å². The molecule has 0 aromatic heterocycles. The number of urea groups is 1. The van der Waals surface area contributed by atoms with E-state index in [-0.39, 0.29) is 11.9 Å². The molecular weight excluding hydrogens is 290 g/mol. The summed E-state index contributed by atoms with van der Waals surface area (Å²) in [5.41, 5.74) is 0.585. The first-order chi connectivity index (χ1) is 11.1. The molecule has 124 valence electrons. The molecule has 1 saturated carbocycles. The topological polar surface area (TPSA) is 53.9 Å². The maximum atomic E-state index is 12.9. The van der Waals surface area contributed by atoms with Gasteiger partial charge in [-0.3, -0.25) is 4.79 Å². The molecular formula is C18H26N3O2+. The van der Waals surface area contributed by atoms with Crippen LogP contribution in [0.1, 0.15) is 44.1 Å². The molecule has 3 rings (SSSR count). The molecule has 1 aromatic carbocycles. The van der Waals surface area contributed by atoms with Crippen molar-refractivity contribution in [1.29, 1.82) is 0 Å². The number of carbonyl (C=O) groups excluding carboxylic acids is 2. The molecule has 1 aromatic rings. The van der Waals surface area contributed by atoms with Gasteiger partial charge in [0.2, 0.25) is 0 Å². The highest BCUT2D eigenvalue weighted by atomic mass is 16.2. The Morgan fingerprint density at radius 1 is 1.09 bits per heavy atom. The maximum Gasteiger partial charge on any atom is 0.329 e. The van der Waals surface area contributed by atoms with Crippen LogP contribution in [0.15, 0.2) is 30.3 Å². The van der Waals surface area contributed by atoms with E-state index >= 15 is 0 Å². The predicted molar refractivity (Wildman–Crippen MR) is 87.7 cm³/mol. The first kappa shape index (κ1) is 16.0. The van der Waals surface area contributed by atoms with E-state index in [9.17, 15) is 9.59 Å². The number of quaternary nitrogens is 1. The van der Waals surface area contributed by atoms with Crippen LogP contribution in [0.25, 0.3) is 0 Å². The highest BCUT2D eigenvalue weighted by Crippen LogP contribution is 2.32. The molecule has 1 aliphatic carbocycles. The van der Waals surface area contributed by atoms with Crippen molar-refractivity contribution in [3.63, 3.8) is 0 Å². The lowest BCUT2D eigenvalue weighted by Crippen LogP contribution is -3.09. The molecule has 1 aliphatic heterocycles. The number of amides is 3. The smallest absolute Gasteiger partial charge is 0.323 e. The van der Waals surface area contributed by atoms with E-state index in [1.54, 1.807) is 0 Å². The number of benzene rings is 1. The lowest BCUT2D eigenvalue weighted by Gasteiger charge is -2.25. The normalized spacial score (nSPS) is 22.0. The molecule has 1 atom stereocenters. The number of nitrogens with one attached hydrogen (secondary N) is 2. The lowest BCUT2D eigenvalue weighted by atomic mass is 9.90. The summed E-state index contributed by atoms with van der Waals surface area (Å²) in [4.78, 5) is 27.8. The van der Waals surface area contributed by atoms with Crippen LogP contribution in [0.5, 0.6) is 0 Å². The zero-order valence-electron chi connectivity index (χ0n) is 13.8. The Hall–Kier alpha value is -1.88. The van der Waals surface area contributed by atoms with Gasteiger partial charge in [0, 0.05) is 5.56 Å². The highest BCUT2D eigenvalue weighted by Gasteiger charge is 2.51. The molecule has 1 heterocycles. The number of hydrogen-bond acceptors (Lipinski definition) is 2. The van der Waals surface area contributed by atoms with E-state index in [1.165, 1.54) is 10.5 Å². The summed E-state index contributed by atoms with van der Waals surface area (Å²) in [5.74, 6) is -0.0168. The van der Waals surface area contributed by atoms with E-state index in [4.69, 9.17) is 0 Å². The van der Waals surface area contributed by atoms with Crippen molar-refractivity contribution in [2.24, 2.45) is 0 Å². The molecule has 0 bridgehead atoms. The van der Waals surface area contributed by atoms with E-state index < -0.39 is 5.54 Å². The molecule has 2 fully saturated rings. The van der Waals surface area contributed by atoms with Crippen LogP contribution >= 0.6 is 0 Å². The zero-order valence-corrected chi connectivity index (χ0v) is 13.8. The predicted octanol–water partition coefficient (Wildman–Crippen LogP) is 1.30. The van der Waals surface area contributed by atoms with Gasteiger partial charge in [0.15, 0.2) is 6.67 Å². The lowest BCUT2D eigenvalue weighted by molar-refractivity contribution is -0.901. The van der Waals surface area contributed by atoms with Crippen LogP contribution in [0, 0.1) is 0 Å². The molecule has 1 unspecified atom stereocenters. The largest absolute Gasteiger partial charge is 0.329 e. The van der Waals surface area contributed by atoms with Crippen LogP contribution in [-0.4, -0.2) is 36.1 Å². The number of hydrogen-bond donors (Lipinski definition) is 2.